The van der Waals surface area contributed by atoms with Crippen molar-refractivity contribution in [2.75, 3.05) is 0 Å². The number of carbonyl (C=O) groups excluding carboxylic acids is 2. The second-order valence-electron chi connectivity index (χ2n) is 2.39. The molecule has 94 valence electrons. The van der Waals surface area contributed by atoms with E-state index in [1.165, 1.54) is 0 Å². The Morgan fingerprint density at radius 1 is 0.875 bits per heavy atom. The molecule has 0 spiro atoms. The maximum atomic E-state index is 10.5. The van der Waals surface area contributed by atoms with Gasteiger partial charge < -0.3 is 19.8 Å². The Hall–Kier alpha value is 0.601. The first-order valence-electron chi connectivity index (χ1n) is 3.35. The van der Waals surface area contributed by atoms with E-state index in [2.05, 4.69) is 31.9 Å². The third-order valence-corrected chi connectivity index (χ3v) is 2.81. The molecular weight excluding hydrogens is 536 g/mol. The van der Waals surface area contributed by atoms with Crippen LogP contribution in [0.25, 0.3) is 0 Å². The van der Waals surface area contributed by atoms with E-state index >= 15 is 0 Å². The summed E-state index contributed by atoms with van der Waals surface area (Å²) in [5.74, 6) is -2.77. The molecule has 8 heteroatoms. The van der Waals surface area contributed by atoms with Gasteiger partial charge in [-0.3, -0.25) is 0 Å². The molecule has 0 heterocycles. The first kappa shape index (κ1) is 19.0. The molecule has 0 unspecified atom stereocenters. The molecule has 0 fully saturated rings. The summed E-state index contributed by atoms with van der Waals surface area (Å²) in [6, 6.07) is 2.29. The van der Waals surface area contributed by atoms with Crippen molar-refractivity contribution in [3.8, 4) is 0 Å². The van der Waals surface area contributed by atoms with Crippen molar-refractivity contribution >= 4 is 43.8 Å². The molecule has 4 nitrogen and oxygen atoms in total. The van der Waals surface area contributed by atoms with Gasteiger partial charge in [-0.15, -0.1) is 0 Å². The molecule has 0 N–H and O–H groups in total. The van der Waals surface area contributed by atoms with Crippen LogP contribution in [0, 0.1) is 0 Å². The van der Waals surface area contributed by atoms with Gasteiger partial charge in [0.1, 0.15) is 0 Å². The van der Waals surface area contributed by atoms with Gasteiger partial charge in [0.2, 0.25) is 0 Å². The number of benzene rings is 1. The van der Waals surface area contributed by atoms with Crippen LogP contribution < -0.4 is 10.2 Å². The summed E-state index contributed by atoms with van der Waals surface area (Å²) in [4.78, 5) is 21.1. The summed E-state index contributed by atoms with van der Waals surface area (Å²) in [7, 11) is 0. The topological polar surface area (TPSA) is 80.3 Å². The average molecular weight is 538 g/mol. The monoisotopic (exact) mass is 534 g/mol. The van der Waals surface area contributed by atoms with Crippen molar-refractivity contribution in [3.63, 3.8) is 0 Å². The summed E-state index contributed by atoms with van der Waals surface area (Å²) >= 11 is 5.83. The zero-order valence-electron chi connectivity index (χ0n) is 7.15. The molecule has 0 atom stereocenters. The Labute approximate surface area is 139 Å². The van der Waals surface area contributed by atoms with Gasteiger partial charge in [0.25, 0.3) is 0 Å². The molecule has 0 radical (unpaired) electrons. The number of hydrogen-bond donors (Lipinski definition) is 0. The minimum atomic E-state index is -1.39. The Bertz CT molecular complexity index is 383. The van der Waals surface area contributed by atoms with Gasteiger partial charge in [0, 0.05) is 20.1 Å². The van der Waals surface area contributed by atoms with Crippen LogP contribution in [0.1, 0.15) is 20.7 Å². The predicted molar refractivity (Wildman–Crippen MR) is 50.5 cm³/mol. The molecule has 0 saturated carbocycles. The van der Waals surface area contributed by atoms with Crippen molar-refractivity contribution in [2.24, 2.45) is 0 Å². The minimum Gasteiger partial charge on any atom is -0.545 e. The average Bonchev–Trinajstić information content (AvgIpc) is 2.07. The van der Waals surface area contributed by atoms with E-state index in [1.54, 1.807) is 0 Å². The van der Waals surface area contributed by atoms with Crippen LogP contribution in [0.5, 0.6) is 0 Å². The van der Waals surface area contributed by atoms with Gasteiger partial charge in [-0.05, 0) is 12.1 Å². The van der Waals surface area contributed by atoms with Crippen molar-refractivity contribution in [3.05, 3.63) is 32.2 Å². The van der Waals surface area contributed by atoms with Gasteiger partial charge in [-0.2, -0.15) is 0 Å². The summed E-state index contributed by atoms with van der Waals surface area (Å²) in [6.45, 7) is 0. The molecule has 1 aromatic carbocycles. The first-order valence-corrected chi connectivity index (χ1v) is 4.94. The predicted octanol–water partition coefficient (Wildman–Crippen LogP) is -0.0664. The Morgan fingerprint density at radius 3 is 1.31 bits per heavy atom. The van der Waals surface area contributed by atoms with Crippen molar-refractivity contribution in [1.82, 2.24) is 0 Å². The fraction of sp³-hybridized carbons (Fsp3) is 0. The van der Waals surface area contributed by atoms with E-state index in [0.29, 0.717) is 0 Å². The van der Waals surface area contributed by atoms with E-state index in [9.17, 15) is 19.8 Å². The molecule has 1 rings (SSSR count). The normalized spacial score (nSPS) is 8.62. The van der Waals surface area contributed by atoms with Crippen molar-refractivity contribution in [2.45, 2.75) is 0 Å². The third kappa shape index (κ3) is 4.46. The number of rotatable bonds is 2. The number of carboxylic acids is 2. The van der Waals surface area contributed by atoms with Gasteiger partial charge >= 0.3 is 44.8 Å². The standard InChI is InChI=1S/C8H4Br2O4.2Ag/c9-5-1-3(7(11)12)6(10)2-4(5)8(13)14;;/h1-2H,(H,11,12)(H,13,14);;/q;2*+1/p-2. The molecule has 1 aromatic rings. The second kappa shape index (κ2) is 7.84. The fourth-order valence-corrected chi connectivity index (χ4v) is 1.87. The van der Waals surface area contributed by atoms with Crippen LogP contribution in [0.4, 0.5) is 0 Å². The molecule has 0 amide bonds. The van der Waals surface area contributed by atoms with Crippen LogP contribution >= 0.6 is 31.9 Å². The van der Waals surface area contributed by atoms with E-state index < -0.39 is 11.9 Å². The van der Waals surface area contributed by atoms with Crippen LogP contribution in [0.3, 0.4) is 0 Å². The molecule has 0 saturated heterocycles. The SMILES string of the molecule is O=C([O-])c1cc(Br)c(C(=O)[O-])cc1Br.[Ag+].[Ag+]. The summed E-state index contributed by atoms with van der Waals surface area (Å²) in [6.07, 6.45) is 0. The molecule has 0 aliphatic carbocycles. The van der Waals surface area contributed by atoms with Crippen LogP contribution in [0.15, 0.2) is 21.1 Å². The molecule has 0 bridgehead atoms. The van der Waals surface area contributed by atoms with Crippen LogP contribution in [-0.4, -0.2) is 11.9 Å². The molecule has 0 aliphatic rings. The number of hydrogen-bond acceptors (Lipinski definition) is 4. The Morgan fingerprint density at radius 2 is 1.12 bits per heavy atom. The smallest absolute Gasteiger partial charge is 0.545 e. The Kier molecular flexibility index (Phi) is 9.28. The van der Waals surface area contributed by atoms with Gasteiger partial charge in [-0.25, -0.2) is 0 Å². The molecule has 0 aliphatic heterocycles. The number of carbonyl (C=O) groups is 2. The molecular formula is C8H2Ag2Br2O4. The minimum absolute atomic E-state index is 0. The summed E-state index contributed by atoms with van der Waals surface area (Å²) < 4.78 is 0.278. The maximum Gasteiger partial charge on any atom is 1.00 e. The second-order valence-corrected chi connectivity index (χ2v) is 4.10. The summed E-state index contributed by atoms with van der Waals surface area (Å²) in [5.41, 5.74) is -0.247. The van der Waals surface area contributed by atoms with Gasteiger partial charge in [0.05, 0.1) is 11.9 Å². The molecule has 0 aromatic heterocycles. The van der Waals surface area contributed by atoms with E-state index in [0.717, 1.165) is 12.1 Å². The van der Waals surface area contributed by atoms with Crippen molar-refractivity contribution in [1.29, 1.82) is 0 Å². The van der Waals surface area contributed by atoms with E-state index in [4.69, 9.17) is 0 Å². The number of carboxylic acid groups (broad SMARTS) is 2. The first-order chi connectivity index (χ1) is 6.43. The van der Waals surface area contributed by atoms with E-state index in [-0.39, 0.29) is 64.8 Å². The number of aromatic carboxylic acids is 2. The summed E-state index contributed by atoms with van der Waals surface area (Å²) in [5, 5.41) is 21.1. The number of halogens is 2. The van der Waals surface area contributed by atoms with Crippen LogP contribution in [-0.2, 0) is 44.8 Å². The largest absolute Gasteiger partial charge is 1.00 e. The van der Waals surface area contributed by atoms with Crippen molar-refractivity contribution < 1.29 is 64.6 Å². The third-order valence-electron chi connectivity index (χ3n) is 1.50. The zero-order valence-corrected chi connectivity index (χ0v) is 13.3. The van der Waals surface area contributed by atoms with Gasteiger partial charge in [0.15, 0.2) is 0 Å². The molecule has 16 heavy (non-hydrogen) atoms. The fourth-order valence-electron chi connectivity index (χ4n) is 0.860. The quantitative estimate of drug-likeness (QED) is 0.495. The van der Waals surface area contributed by atoms with Gasteiger partial charge in [-0.1, -0.05) is 31.9 Å². The van der Waals surface area contributed by atoms with E-state index in [1.807, 2.05) is 0 Å². The Balaban J connectivity index is 0. The van der Waals surface area contributed by atoms with Crippen LogP contribution in [0.2, 0.25) is 0 Å². The zero-order chi connectivity index (χ0) is 10.9. The maximum absolute atomic E-state index is 10.5.